The summed E-state index contributed by atoms with van der Waals surface area (Å²) >= 11 is 0. The highest BCUT2D eigenvalue weighted by Gasteiger charge is 2.23. The summed E-state index contributed by atoms with van der Waals surface area (Å²) < 4.78 is 6.13. The monoisotopic (exact) mass is 511 g/mol. The van der Waals surface area contributed by atoms with E-state index in [2.05, 4.69) is 72.4 Å². The zero-order chi connectivity index (χ0) is 26.7. The fourth-order valence-corrected chi connectivity index (χ4v) is 5.10. The van der Waals surface area contributed by atoms with Gasteiger partial charge < -0.3 is 19.9 Å². The highest BCUT2D eigenvalue weighted by Crippen LogP contribution is 2.35. The number of H-pyrrole nitrogens is 1. The van der Waals surface area contributed by atoms with Crippen molar-refractivity contribution in [3.63, 3.8) is 0 Å². The molecular formula is C33H41N3O2. The van der Waals surface area contributed by atoms with Gasteiger partial charge in [-0.05, 0) is 74.3 Å². The van der Waals surface area contributed by atoms with Crippen LogP contribution in [0.4, 0.5) is 0 Å². The number of hydrogen-bond acceptors (Lipinski definition) is 3. The number of aromatic nitrogens is 1. The van der Waals surface area contributed by atoms with E-state index in [9.17, 15) is 4.79 Å². The van der Waals surface area contributed by atoms with Gasteiger partial charge >= 0.3 is 0 Å². The van der Waals surface area contributed by atoms with Crippen LogP contribution < -0.4 is 10.1 Å². The van der Waals surface area contributed by atoms with E-state index in [1.165, 1.54) is 0 Å². The smallest absolute Gasteiger partial charge is 0.221 e. The van der Waals surface area contributed by atoms with Gasteiger partial charge in [-0.15, -0.1) is 0 Å². The molecular weight excluding hydrogens is 470 g/mol. The van der Waals surface area contributed by atoms with Crippen molar-refractivity contribution in [3.05, 3.63) is 102 Å². The van der Waals surface area contributed by atoms with E-state index in [0.29, 0.717) is 13.0 Å². The van der Waals surface area contributed by atoms with Crippen LogP contribution in [0.1, 0.15) is 62.6 Å². The fraction of sp³-hybridized carbons (Fsp3) is 0.364. The molecule has 0 spiro atoms. The van der Waals surface area contributed by atoms with Crippen LogP contribution in [0, 0.1) is 0 Å². The number of fused-ring (bicyclic) bond motifs is 1. The van der Waals surface area contributed by atoms with Gasteiger partial charge in [-0.25, -0.2) is 0 Å². The van der Waals surface area contributed by atoms with E-state index < -0.39 is 0 Å². The Balaban J connectivity index is 1.49. The Morgan fingerprint density at radius 3 is 2.53 bits per heavy atom. The molecule has 4 rings (SSSR count). The lowest BCUT2D eigenvalue weighted by Gasteiger charge is -2.22. The van der Waals surface area contributed by atoms with Crippen LogP contribution in [0.2, 0.25) is 0 Å². The molecule has 0 saturated heterocycles. The number of carbonyl (C=O) groups is 1. The molecule has 2 N–H and O–H groups in total. The summed E-state index contributed by atoms with van der Waals surface area (Å²) in [6.07, 6.45) is 4.48. The molecule has 1 amide bonds. The molecule has 1 aromatic heterocycles. The third kappa shape index (κ3) is 7.48. The Morgan fingerprint density at radius 1 is 0.974 bits per heavy atom. The van der Waals surface area contributed by atoms with Gasteiger partial charge in [-0.3, -0.25) is 4.79 Å². The molecule has 4 aromatic rings. The minimum Gasteiger partial charge on any atom is -0.489 e. The van der Waals surface area contributed by atoms with Crippen LogP contribution in [-0.4, -0.2) is 41.5 Å². The summed E-state index contributed by atoms with van der Waals surface area (Å²) in [5, 5.41) is 4.41. The van der Waals surface area contributed by atoms with Crippen LogP contribution in [0.5, 0.6) is 5.75 Å². The van der Waals surface area contributed by atoms with Crippen molar-refractivity contribution in [2.75, 3.05) is 19.6 Å². The number of nitrogens with one attached hydrogen (secondary N) is 2. The Kier molecular flexibility index (Phi) is 9.99. The summed E-state index contributed by atoms with van der Waals surface area (Å²) in [6, 6.07) is 26.8. The van der Waals surface area contributed by atoms with E-state index in [0.717, 1.165) is 65.8 Å². The number of amides is 1. The number of para-hydroxylation sites is 1. The first kappa shape index (κ1) is 27.5. The number of ether oxygens (including phenoxy) is 1. The summed E-state index contributed by atoms with van der Waals surface area (Å²) in [4.78, 5) is 19.1. The highest BCUT2D eigenvalue weighted by molar-refractivity contribution is 5.86. The zero-order valence-electron chi connectivity index (χ0n) is 23.0. The first-order valence-electron chi connectivity index (χ1n) is 13.9. The summed E-state index contributed by atoms with van der Waals surface area (Å²) in [6.45, 7) is 10.2. The van der Waals surface area contributed by atoms with Gasteiger partial charge in [0.25, 0.3) is 0 Å². The van der Waals surface area contributed by atoms with Gasteiger partial charge in [0, 0.05) is 35.5 Å². The Labute approximate surface area is 227 Å². The number of benzene rings is 3. The van der Waals surface area contributed by atoms with Crippen LogP contribution in [0.25, 0.3) is 10.9 Å². The molecule has 2 unspecified atom stereocenters. The topological polar surface area (TPSA) is 57.4 Å². The standard InChI is InChI=1S/C33H41N3O2/c1-4-36(5-2)20-12-13-25(3)35-33(37)22-30(31-23-34-32-19-10-9-18-29(31)32)27-16-11-17-28(21-27)38-24-26-14-7-6-8-15-26/h6-11,14-19,21,23,25,30,34H,4-5,12-13,20,22,24H2,1-3H3,(H,35,37). The Hall–Kier alpha value is -3.57. The van der Waals surface area contributed by atoms with Crippen molar-refractivity contribution < 1.29 is 9.53 Å². The van der Waals surface area contributed by atoms with Crippen molar-refractivity contribution in [2.45, 2.75) is 58.6 Å². The highest BCUT2D eigenvalue weighted by atomic mass is 16.5. The molecule has 0 radical (unpaired) electrons. The minimum absolute atomic E-state index is 0.0752. The maximum Gasteiger partial charge on any atom is 0.221 e. The second-order valence-corrected chi connectivity index (χ2v) is 10.0. The van der Waals surface area contributed by atoms with E-state index >= 15 is 0 Å². The van der Waals surface area contributed by atoms with Gasteiger partial charge in [0.15, 0.2) is 0 Å². The van der Waals surface area contributed by atoms with Gasteiger partial charge in [-0.2, -0.15) is 0 Å². The number of rotatable bonds is 14. The molecule has 3 aromatic carbocycles. The molecule has 0 fully saturated rings. The SMILES string of the molecule is CCN(CC)CCCC(C)NC(=O)CC(c1cccc(OCc2ccccc2)c1)c1c[nH]c2ccccc12. The first-order valence-corrected chi connectivity index (χ1v) is 13.9. The lowest BCUT2D eigenvalue weighted by molar-refractivity contribution is -0.121. The van der Waals surface area contributed by atoms with Gasteiger partial charge in [0.05, 0.1) is 0 Å². The second kappa shape index (κ2) is 13.8. The Bertz CT molecular complexity index is 1280. The van der Waals surface area contributed by atoms with Crippen molar-refractivity contribution >= 4 is 16.8 Å². The molecule has 0 aliphatic carbocycles. The average molecular weight is 512 g/mol. The summed E-state index contributed by atoms with van der Waals surface area (Å²) in [5.41, 5.74) is 4.41. The number of aromatic amines is 1. The van der Waals surface area contributed by atoms with E-state index in [4.69, 9.17) is 4.74 Å². The maximum absolute atomic E-state index is 13.3. The van der Waals surface area contributed by atoms with Crippen molar-refractivity contribution in [2.24, 2.45) is 0 Å². The van der Waals surface area contributed by atoms with Gasteiger partial charge in [0.1, 0.15) is 12.4 Å². The lowest BCUT2D eigenvalue weighted by atomic mass is 9.87. The molecule has 0 saturated carbocycles. The lowest BCUT2D eigenvalue weighted by Crippen LogP contribution is -2.34. The third-order valence-corrected chi connectivity index (χ3v) is 7.31. The average Bonchev–Trinajstić information content (AvgIpc) is 3.37. The molecule has 1 heterocycles. The van der Waals surface area contributed by atoms with Crippen LogP contribution >= 0.6 is 0 Å². The first-order chi connectivity index (χ1) is 18.6. The Morgan fingerprint density at radius 2 is 1.74 bits per heavy atom. The number of carbonyl (C=O) groups excluding carboxylic acids is 1. The van der Waals surface area contributed by atoms with Crippen LogP contribution in [0.15, 0.2) is 85.1 Å². The number of nitrogens with zero attached hydrogens (tertiary/aromatic N) is 1. The predicted octanol–water partition coefficient (Wildman–Crippen LogP) is 6.90. The van der Waals surface area contributed by atoms with Gasteiger partial charge in [-0.1, -0.05) is 74.5 Å². The maximum atomic E-state index is 13.3. The zero-order valence-corrected chi connectivity index (χ0v) is 23.0. The fourth-order valence-electron chi connectivity index (χ4n) is 5.10. The molecule has 0 aliphatic heterocycles. The number of hydrogen-bond donors (Lipinski definition) is 2. The molecule has 0 bridgehead atoms. The quantitative estimate of drug-likeness (QED) is 0.194. The summed E-state index contributed by atoms with van der Waals surface area (Å²) in [7, 11) is 0. The normalized spacial score (nSPS) is 12.9. The van der Waals surface area contributed by atoms with Crippen molar-refractivity contribution in [1.82, 2.24) is 15.2 Å². The molecule has 5 heteroatoms. The second-order valence-electron chi connectivity index (χ2n) is 10.0. The van der Waals surface area contributed by atoms with Crippen LogP contribution in [-0.2, 0) is 11.4 Å². The van der Waals surface area contributed by atoms with E-state index in [1.807, 2.05) is 48.7 Å². The minimum atomic E-state index is -0.0886. The third-order valence-electron chi connectivity index (χ3n) is 7.31. The van der Waals surface area contributed by atoms with E-state index in [1.54, 1.807) is 0 Å². The predicted molar refractivity (Wildman–Crippen MR) is 157 cm³/mol. The molecule has 5 nitrogen and oxygen atoms in total. The molecule has 200 valence electrons. The van der Waals surface area contributed by atoms with Crippen LogP contribution in [0.3, 0.4) is 0 Å². The van der Waals surface area contributed by atoms with Crippen molar-refractivity contribution in [3.8, 4) is 5.75 Å². The molecule has 38 heavy (non-hydrogen) atoms. The van der Waals surface area contributed by atoms with Gasteiger partial charge in [0.2, 0.25) is 5.91 Å². The van der Waals surface area contributed by atoms with E-state index in [-0.39, 0.29) is 17.9 Å². The largest absolute Gasteiger partial charge is 0.489 e. The summed E-state index contributed by atoms with van der Waals surface area (Å²) in [5.74, 6) is 0.793. The van der Waals surface area contributed by atoms with Crippen molar-refractivity contribution in [1.29, 1.82) is 0 Å². The molecule has 0 aliphatic rings. The molecule has 2 atom stereocenters.